The Morgan fingerprint density at radius 2 is 2.31 bits per heavy atom. The van der Waals surface area contributed by atoms with Gasteiger partial charge >= 0.3 is 0 Å². The van der Waals surface area contributed by atoms with Gasteiger partial charge in [0.15, 0.2) is 0 Å². The lowest BCUT2D eigenvalue weighted by Crippen LogP contribution is -2.43. The lowest BCUT2D eigenvalue weighted by atomic mass is 10.2. The Labute approximate surface area is 95.9 Å². The van der Waals surface area contributed by atoms with Crippen LogP contribution in [0.2, 0.25) is 0 Å². The average molecular weight is 228 g/mol. The first kappa shape index (κ1) is 11.8. The minimum atomic E-state index is -0.284. The van der Waals surface area contributed by atoms with Crippen molar-refractivity contribution in [1.29, 1.82) is 0 Å². The maximum atomic E-state index is 11.6. The first-order valence-corrected chi connectivity index (χ1v) is 6.08. The summed E-state index contributed by atoms with van der Waals surface area (Å²) in [6, 6.07) is 0. The minimum absolute atomic E-state index is 0.0290. The van der Waals surface area contributed by atoms with Gasteiger partial charge in [-0.2, -0.15) is 0 Å². The molecular formula is C11H20N2O3. The van der Waals surface area contributed by atoms with Crippen LogP contribution in [0.5, 0.6) is 0 Å². The molecule has 0 aromatic carbocycles. The van der Waals surface area contributed by atoms with E-state index in [1.54, 1.807) is 0 Å². The second-order valence-corrected chi connectivity index (χ2v) is 4.31. The Morgan fingerprint density at radius 3 is 3.12 bits per heavy atom. The molecule has 2 N–H and O–H groups in total. The third kappa shape index (κ3) is 3.43. The van der Waals surface area contributed by atoms with Gasteiger partial charge < -0.3 is 20.1 Å². The summed E-state index contributed by atoms with van der Waals surface area (Å²) in [6.07, 6.45) is 2.73. The highest BCUT2D eigenvalue weighted by Crippen LogP contribution is 2.10. The highest BCUT2D eigenvalue weighted by molar-refractivity contribution is 5.80. The van der Waals surface area contributed by atoms with Crippen LogP contribution in [0.15, 0.2) is 0 Å². The second-order valence-electron chi connectivity index (χ2n) is 4.31. The largest absolute Gasteiger partial charge is 0.373 e. The molecule has 1 amide bonds. The summed E-state index contributed by atoms with van der Waals surface area (Å²) in [5, 5.41) is 6.10. The van der Waals surface area contributed by atoms with Gasteiger partial charge in [-0.1, -0.05) is 0 Å². The van der Waals surface area contributed by atoms with E-state index in [4.69, 9.17) is 9.47 Å². The van der Waals surface area contributed by atoms with Crippen molar-refractivity contribution in [2.45, 2.75) is 31.5 Å². The molecule has 0 radical (unpaired) electrons. The molecule has 92 valence electrons. The zero-order valence-electron chi connectivity index (χ0n) is 9.54. The number of carbonyl (C=O) groups is 1. The third-order valence-corrected chi connectivity index (χ3v) is 2.97. The highest BCUT2D eigenvalue weighted by Gasteiger charge is 2.23. The van der Waals surface area contributed by atoms with Gasteiger partial charge in [-0.3, -0.25) is 4.79 Å². The van der Waals surface area contributed by atoms with Crippen LogP contribution in [-0.2, 0) is 14.3 Å². The Morgan fingerprint density at radius 1 is 1.38 bits per heavy atom. The Bertz CT molecular complexity index is 229. The number of amides is 1. The normalized spacial score (nSPS) is 31.9. The molecule has 2 saturated heterocycles. The summed E-state index contributed by atoms with van der Waals surface area (Å²) in [4.78, 5) is 11.6. The fourth-order valence-electron chi connectivity index (χ4n) is 2.02. The van der Waals surface area contributed by atoms with Crippen LogP contribution in [-0.4, -0.2) is 51.0 Å². The fourth-order valence-corrected chi connectivity index (χ4v) is 2.02. The van der Waals surface area contributed by atoms with Gasteiger partial charge in [0.05, 0.1) is 19.3 Å². The molecule has 0 bridgehead atoms. The van der Waals surface area contributed by atoms with Gasteiger partial charge in [0.1, 0.15) is 6.10 Å². The second kappa shape index (κ2) is 6.18. The first-order valence-electron chi connectivity index (χ1n) is 6.08. The smallest absolute Gasteiger partial charge is 0.249 e. The van der Waals surface area contributed by atoms with Gasteiger partial charge in [0, 0.05) is 19.6 Å². The topological polar surface area (TPSA) is 59.6 Å². The van der Waals surface area contributed by atoms with Gasteiger partial charge in [-0.05, 0) is 19.3 Å². The molecule has 0 spiro atoms. The maximum Gasteiger partial charge on any atom is 0.249 e. The van der Waals surface area contributed by atoms with Gasteiger partial charge in [-0.25, -0.2) is 0 Å². The Kier molecular flexibility index (Phi) is 4.56. The van der Waals surface area contributed by atoms with Crippen LogP contribution in [0, 0.1) is 0 Å². The Balaban J connectivity index is 1.72. The molecule has 2 aliphatic heterocycles. The number of hydrogen-bond acceptors (Lipinski definition) is 4. The molecule has 2 fully saturated rings. The van der Waals surface area contributed by atoms with Crippen LogP contribution in [0.3, 0.4) is 0 Å². The third-order valence-electron chi connectivity index (χ3n) is 2.97. The van der Waals surface area contributed by atoms with Crippen molar-refractivity contribution in [3.63, 3.8) is 0 Å². The van der Waals surface area contributed by atoms with E-state index in [0.29, 0.717) is 6.61 Å². The number of morpholine rings is 1. The molecule has 5 nitrogen and oxygen atoms in total. The molecule has 0 aromatic rings. The van der Waals surface area contributed by atoms with E-state index in [0.717, 1.165) is 45.5 Å². The standard InChI is InChI=1S/C11H20N2O3/c14-11-10(3-1-2-4-13-11)16-8-9-7-12-5-6-15-9/h9-10,12H,1-8H2,(H,13,14). The van der Waals surface area contributed by atoms with Crippen LogP contribution in [0.1, 0.15) is 19.3 Å². The molecule has 2 rings (SSSR count). The van der Waals surface area contributed by atoms with Gasteiger partial charge in [0.2, 0.25) is 5.91 Å². The van der Waals surface area contributed by atoms with E-state index >= 15 is 0 Å². The summed E-state index contributed by atoms with van der Waals surface area (Å²) in [5.74, 6) is 0.0290. The summed E-state index contributed by atoms with van der Waals surface area (Å²) in [7, 11) is 0. The average Bonchev–Trinajstić information content (AvgIpc) is 2.53. The van der Waals surface area contributed by atoms with E-state index in [1.807, 2.05) is 0 Å². The molecule has 5 heteroatoms. The molecule has 0 aliphatic carbocycles. The quantitative estimate of drug-likeness (QED) is 0.694. The number of carbonyl (C=O) groups excluding carboxylic acids is 1. The number of ether oxygens (including phenoxy) is 2. The van der Waals surface area contributed by atoms with Crippen molar-refractivity contribution in [2.75, 3.05) is 32.8 Å². The summed E-state index contributed by atoms with van der Waals surface area (Å²) in [5.41, 5.74) is 0. The van der Waals surface area contributed by atoms with E-state index in [9.17, 15) is 4.79 Å². The van der Waals surface area contributed by atoms with E-state index < -0.39 is 0 Å². The first-order chi connectivity index (χ1) is 7.86. The number of rotatable bonds is 3. The van der Waals surface area contributed by atoms with Crippen molar-refractivity contribution in [2.24, 2.45) is 0 Å². The van der Waals surface area contributed by atoms with Gasteiger partial charge in [-0.15, -0.1) is 0 Å². The van der Waals surface area contributed by atoms with Crippen molar-refractivity contribution < 1.29 is 14.3 Å². The predicted molar refractivity (Wildman–Crippen MR) is 59.2 cm³/mol. The Hall–Kier alpha value is -0.650. The predicted octanol–water partition coefficient (Wildman–Crippen LogP) is -0.340. The zero-order chi connectivity index (χ0) is 11.2. The summed E-state index contributed by atoms with van der Waals surface area (Å²) < 4.78 is 11.2. The van der Waals surface area contributed by atoms with Crippen molar-refractivity contribution in [1.82, 2.24) is 10.6 Å². The van der Waals surface area contributed by atoms with Crippen molar-refractivity contribution >= 4 is 5.91 Å². The minimum Gasteiger partial charge on any atom is -0.373 e. The lowest BCUT2D eigenvalue weighted by Gasteiger charge is -2.25. The van der Waals surface area contributed by atoms with Gasteiger partial charge in [0.25, 0.3) is 0 Å². The highest BCUT2D eigenvalue weighted by atomic mass is 16.5. The maximum absolute atomic E-state index is 11.6. The van der Waals surface area contributed by atoms with Crippen LogP contribution in [0.25, 0.3) is 0 Å². The number of hydrogen-bond donors (Lipinski definition) is 2. The summed E-state index contributed by atoms with van der Waals surface area (Å²) >= 11 is 0. The molecule has 2 unspecified atom stereocenters. The van der Waals surface area contributed by atoms with Crippen molar-refractivity contribution in [3.05, 3.63) is 0 Å². The van der Waals surface area contributed by atoms with E-state index in [2.05, 4.69) is 10.6 Å². The summed E-state index contributed by atoms with van der Waals surface area (Å²) in [6.45, 7) is 3.73. The van der Waals surface area contributed by atoms with Crippen LogP contribution < -0.4 is 10.6 Å². The molecule has 2 atom stereocenters. The van der Waals surface area contributed by atoms with E-state index in [1.165, 1.54) is 0 Å². The lowest BCUT2D eigenvalue weighted by molar-refractivity contribution is -0.136. The SMILES string of the molecule is O=C1NCCCCC1OCC1CNCCO1. The van der Waals surface area contributed by atoms with Crippen LogP contribution >= 0.6 is 0 Å². The molecule has 0 aromatic heterocycles. The van der Waals surface area contributed by atoms with E-state index in [-0.39, 0.29) is 18.1 Å². The molecule has 0 saturated carbocycles. The fraction of sp³-hybridized carbons (Fsp3) is 0.909. The van der Waals surface area contributed by atoms with Crippen LogP contribution in [0.4, 0.5) is 0 Å². The molecule has 16 heavy (non-hydrogen) atoms. The number of nitrogens with one attached hydrogen (secondary N) is 2. The monoisotopic (exact) mass is 228 g/mol. The van der Waals surface area contributed by atoms with Crippen molar-refractivity contribution in [3.8, 4) is 0 Å². The molecule has 2 aliphatic rings. The zero-order valence-corrected chi connectivity index (χ0v) is 9.54. The molecular weight excluding hydrogens is 208 g/mol. The molecule has 2 heterocycles.